The smallest absolute Gasteiger partial charge is 0.242 e. The van der Waals surface area contributed by atoms with E-state index in [0.29, 0.717) is 37.5 Å². The number of hydrogen-bond acceptors (Lipinski definition) is 5. The van der Waals surface area contributed by atoms with Crippen molar-refractivity contribution in [2.24, 2.45) is 5.41 Å². The number of carbonyl (C=O) groups excluding carboxylic acids is 2. The Morgan fingerprint density at radius 2 is 2.07 bits per heavy atom. The van der Waals surface area contributed by atoms with Gasteiger partial charge in [0.1, 0.15) is 18.2 Å². The van der Waals surface area contributed by atoms with Gasteiger partial charge in [0.05, 0.1) is 5.41 Å². The maximum atomic E-state index is 13.2. The molecule has 2 aliphatic rings. The summed E-state index contributed by atoms with van der Waals surface area (Å²) in [6.45, 7) is 1.74. The van der Waals surface area contributed by atoms with Crippen LogP contribution in [-0.4, -0.2) is 47.5 Å². The second-order valence-corrected chi connectivity index (χ2v) is 7.90. The van der Waals surface area contributed by atoms with Crippen LogP contribution in [-0.2, 0) is 16.0 Å². The van der Waals surface area contributed by atoms with Gasteiger partial charge in [-0.25, -0.2) is 9.97 Å². The van der Waals surface area contributed by atoms with E-state index in [9.17, 15) is 9.59 Å². The fraction of sp³-hybridized carbons (Fsp3) is 0.400. The summed E-state index contributed by atoms with van der Waals surface area (Å²) in [5, 5.41) is 6.46. The van der Waals surface area contributed by atoms with Crippen LogP contribution in [0.25, 0.3) is 0 Å². The van der Waals surface area contributed by atoms with Gasteiger partial charge in [-0.3, -0.25) is 9.59 Å². The van der Waals surface area contributed by atoms with Crippen LogP contribution in [0.1, 0.15) is 18.4 Å². The number of benzene rings is 1. The summed E-state index contributed by atoms with van der Waals surface area (Å²) in [4.78, 5) is 35.6. The Hall–Kier alpha value is -2.67. The fourth-order valence-electron chi connectivity index (χ4n) is 3.87. The number of hydrogen-bond donors (Lipinski definition) is 2. The van der Waals surface area contributed by atoms with Crippen LogP contribution >= 0.6 is 11.6 Å². The van der Waals surface area contributed by atoms with Crippen molar-refractivity contribution >= 4 is 29.2 Å². The Bertz CT molecular complexity index is 853. The predicted molar refractivity (Wildman–Crippen MR) is 106 cm³/mol. The molecule has 0 spiro atoms. The first-order chi connectivity index (χ1) is 13.6. The van der Waals surface area contributed by atoms with E-state index in [1.165, 1.54) is 6.33 Å². The molecule has 3 heterocycles. The first-order valence-electron chi connectivity index (χ1n) is 9.40. The van der Waals surface area contributed by atoms with Gasteiger partial charge in [0.2, 0.25) is 11.8 Å². The minimum atomic E-state index is -0.615. The number of anilines is 1. The highest BCUT2D eigenvalue weighted by atomic mass is 35.5. The summed E-state index contributed by atoms with van der Waals surface area (Å²) in [6.07, 6.45) is 5.30. The molecular formula is C20H22ClN5O2. The lowest BCUT2D eigenvalue weighted by Crippen LogP contribution is -2.66. The number of nitrogens with one attached hydrogen (secondary N) is 2. The summed E-state index contributed by atoms with van der Waals surface area (Å²) in [5.74, 6) is 0.605. The van der Waals surface area contributed by atoms with Crippen molar-refractivity contribution in [1.29, 1.82) is 0 Å². The highest BCUT2D eigenvalue weighted by Crippen LogP contribution is 2.37. The van der Waals surface area contributed by atoms with Crippen molar-refractivity contribution in [2.45, 2.75) is 25.3 Å². The molecule has 2 N–H and O–H groups in total. The van der Waals surface area contributed by atoms with Gasteiger partial charge in [0.25, 0.3) is 0 Å². The molecule has 4 rings (SSSR count). The summed E-state index contributed by atoms with van der Waals surface area (Å²) in [6, 6.07) is 8.92. The molecule has 1 unspecified atom stereocenters. The standard InChI is InChI=1S/C20H22ClN5O2/c21-15-5-3-14(4-6-15)10-20(11-26(12-20)17-7-9-22-13-24-17)19(28)25-16-2-1-8-23-18(16)27/h3-7,9,13,16H,1-2,8,10-12H2,(H,23,27)(H,25,28). The van der Waals surface area contributed by atoms with Gasteiger partial charge in [-0.15, -0.1) is 0 Å². The Balaban J connectivity index is 1.52. The summed E-state index contributed by atoms with van der Waals surface area (Å²) < 4.78 is 0. The average molecular weight is 400 g/mol. The molecule has 8 heteroatoms. The van der Waals surface area contributed by atoms with Gasteiger partial charge in [-0.2, -0.15) is 0 Å². The number of rotatable bonds is 5. The molecule has 2 fully saturated rings. The molecule has 2 aliphatic heterocycles. The van der Waals surface area contributed by atoms with E-state index in [1.807, 2.05) is 30.3 Å². The van der Waals surface area contributed by atoms with Crippen molar-refractivity contribution in [3.05, 3.63) is 53.4 Å². The molecule has 2 amide bonds. The van der Waals surface area contributed by atoms with Crippen LogP contribution < -0.4 is 15.5 Å². The lowest BCUT2D eigenvalue weighted by atomic mass is 9.73. The molecule has 2 saturated heterocycles. The quantitative estimate of drug-likeness (QED) is 0.797. The van der Waals surface area contributed by atoms with Crippen LogP contribution in [0.4, 0.5) is 5.82 Å². The third kappa shape index (κ3) is 3.80. The molecule has 1 aromatic carbocycles. The highest BCUT2D eigenvalue weighted by molar-refractivity contribution is 6.30. The molecular weight excluding hydrogens is 378 g/mol. The van der Waals surface area contributed by atoms with Crippen LogP contribution in [0.15, 0.2) is 42.9 Å². The Morgan fingerprint density at radius 3 is 2.75 bits per heavy atom. The van der Waals surface area contributed by atoms with E-state index in [1.54, 1.807) is 6.20 Å². The molecule has 0 bridgehead atoms. The maximum absolute atomic E-state index is 13.2. The second kappa shape index (κ2) is 7.75. The van der Waals surface area contributed by atoms with Crippen molar-refractivity contribution in [1.82, 2.24) is 20.6 Å². The molecule has 2 aromatic rings. The SMILES string of the molecule is O=C1NCCCC1NC(=O)C1(Cc2ccc(Cl)cc2)CN(c2ccncn2)C1. The number of carbonyl (C=O) groups is 2. The molecule has 146 valence electrons. The van der Waals surface area contributed by atoms with E-state index in [4.69, 9.17) is 11.6 Å². The molecule has 1 aromatic heterocycles. The number of halogens is 1. The van der Waals surface area contributed by atoms with Crippen LogP contribution in [0.2, 0.25) is 5.02 Å². The van der Waals surface area contributed by atoms with Crippen LogP contribution in [0.5, 0.6) is 0 Å². The van der Waals surface area contributed by atoms with E-state index >= 15 is 0 Å². The Morgan fingerprint density at radius 1 is 1.29 bits per heavy atom. The van der Waals surface area contributed by atoms with E-state index < -0.39 is 11.5 Å². The Kier molecular flexibility index (Phi) is 5.17. The van der Waals surface area contributed by atoms with Crippen LogP contribution in [0.3, 0.4) is 0 Å². The zero-order valence-electron chi connectivity index (χ0n) is 15.4. The van der Waals surface area contributed by atoms with Gasteiger partial charge >= 0.3 is 0 Å². The van der Waals surface area contributed by atoms with Gasteiger partial charge < -0.3 is 15.5 Å². The second-order valence-electron chi connectivity index (χ2n) is 7.47. The van der Waals surface area contributed by atoms with Crippen molar-refractivity contribution in [3.8, 4) is 0 Å². The number of piperidine rings is 1. The summed E-state index contributed by atoms with van der Waals surface area (Å²) >= 11 is 6.00. The Labute approximate surface area is 168 Å². The normalized spacial score (nSPS) is 20.8. The van der Waals surface area contributed by atoms with Crippen LogP contribution in [0, 0.1) is 5.41 Å². The van der Waals surface area contributed by atoms with Gasteiger partial charge in [-0.1, -0.05) is 23.7 Å². The van der Waals surface area contributed by atoms with Gasteiger partial charge in [0, 0.05) is 30.9 Å². The molecule has 0 saturated carbocycles. The molecule has 7 nitrogen and oxygen atoms in total. The number of amides is 2. The van der Waals surface area contributed by atoms with Gasteiger partial charge in [-0.05, 0) is 43.0 Å². The maximum Gasteiger partial charge on any atom is 0.242 e. The topological polar surface area (TPSA) is 87.2 Å². The lowest BCUT2D eigenvalue weighted by molar-refractivity contribution is -0.137. The third-order valence-corrected chi connectivity index (χ3v) is 5.66. The van der Waals surface area contributed by atoms with E-state index in [2.05, 4.69) is 25.5 Å². The first-order valence-corrected chi connectivity index (χ1v) is 9.78. The summed E-state index contributed by atoms with van der Waals surface area (Å²) in [7, 11) is 0. The third-order valence-electron chi connectivity index (χ3n) is 5.41. The molecule has 1 atom stereocenters. The highest BCUT2D eigenvalue weighted by Gasteiger charge is 2.50. The minimum absolute atomic E-state index is 0.0881. The largest absolute Gasteiger partial charge is 0.354 e. The minimum Gasteiger partial charge on any atom is -0.354 e. The first kappa shape index (κ1) is 18.7. The lowest BCUT2D eigenvalue weighted by Gasteiger charge is -2.50. The molecule has 0 radical (unpaired) electrons. The zero-order valence-corrected chi connectivity index (χ0v) is 16.2. The fourth-order valence-corrected chi connectivity index (χ4v) is 3.99. The average Bonchev–Trinajstić information content (AvgIpc) is 2.68. The number of aromatic nitrogens is 2. The molecule has 0 aliphatic carbocycles. The summed E-state index contributed by atoms with van der Waals surface area (Å²) in [5.41, 5.74) is 0.422. The van der Waals surface area contributed by atoms with E-state index in [-0.39, 0.29) is 11.8 Å². The zero-order chi connectivity index (χ0) is 19.6. The van der Waals surface area contributed by atoms with Crippen molar-refractivity contribution in [2.75, 3.05) is 24.5 Å². The predicted octanol–water partition coefficient (Wildman–Crippen LogP) is 1.57. The number of nitrogens with zero attached hydrogens (tertiary/aromatic N) is 3. The van der Waals surface area contributed by atoms with Crippen molar-refractivity contribution < 1.29 is 9.59 Å². The monoisotopic (exact) mass is 399 g/mol. The van der Waals surface area contributed by atoms with Gasteiger partial charge in [0.15, 0.2) is 0 Å². The van der Waals surface area contributed by atoms with Crippen molar-refractivity contribution in [3.63, 3.8) is 0 Å². The molecule has 28 heavy (non-hydrogen) atoms. The van der Waals surface area contributed by atoms with E-state index in [0.717, 1.165) is 17.8 Å².